The smallest absolute Gasteiger partial charge is 0.0909 e. The van der Waals surface area contributed by atoms with Gasteiger partial charge >= 0.3 is 0 Å². The largest absolute Gasteiger partial charge is 0.168 e. The molecule has 4 aromatic carbocycles. The lowest BCUT2D eigenvalue weighted by molar-refractivity contribution is 1.05. The number of hydrogen-bond acceptors (Lipinski definition) is 0. The van der Waals surface area contributed by atoms with Crippen molar-refractivity contribution in [2.24, 2.45) is 0 Å². The van der Waals surface area contributed by atoms with Crippen molar-refractivity contribution < 1.29 is 0 Å². The molecule has 0 aliphatic heterocycles. The minimum Gasteiger partial charge on any atom is -0.0909 e. The van der Waals surface area contributed by atoms with E-state index in [1.807, 2.05) is 36.4 Å². The van der Waals surface area contributed by atoms with Crippen LogP contribution in [0.4, 0.5) is 0 Å². The summed E-state index contributed by atoms with van der Waals surface area (Å²) in [4.78, 5) is 0. The van der Waals surface area contributed by atoms with E-state index in [-0.39, 0.29) is 0 Å². The van der Waals surface area contributed by atoms with E-state index in [4.69, 9.17) is 23.2 Å². The summed E-state index contributed by atoms with van der Waals surface area (Å²) in [6.07, 6.45) is 0. The second-order valence-electron chi connectivity index (χ2n) is 5.70. The van der Waals surface area contributed by atoms with E-state index in [1.165, 1.54) is 10.8 Å². The van der Waals surface area contributed by atoms with Crippen molar-refractivity contribution in [1.29, 1.82) is 0 Å². The van der Waals surface area contributed by atoms with Gasteiger partial charge < -0.3 is 0 Å². The molecule has 4 aromatic rings. The van der Waals surface area contributed by atoms with Crippen LogP contribution in [0.1, 0.15) is 11.1 Å². The quantitative estimate of drug-likeness (QED) is 0.358. The third kappa shape index (κ3) is 2.59. The maximum atomic E-state index is 6.75. The molecule has 4 rings (SSSR count). The molecule has 0 aliphatic carbocycles. The van der Waals surface area contributed by atoms with Crippen LogP contribution in [0.2, 0.25) is 0 Å². The maximum absolute atomic E-state index is 6.75. The highest BCUT2D eigenvalue weighted by Crippen LogP contribution is 2.42. The highest BCUT2D eigenvalue weighted by atomic mass is 35.5. The van der Waals surface area contributed by atoms with Crippen LogP contribution in [-0.4, -0.2) is 0 Å². The zero-order chi connectivity index (χ0) is 15.9. The van der Waals surface area contributed by atoms with Gasteiger partial charge in [0.2, 0.25) is 0 Å². The first kappa shape index (κ1) is 14.6. The molecule has 0 spiro atoms. The average Bonchev–Trinajstić information content (AvgIpc) is 2.61. The normalized spacial score (nSPS) is 11.9. The van der Waals surface area contributed by atoms with Gasteiger partial charge in [0.05, 0.1) is 0 Å². The minimum absolute atomic E-state index is 0.884. The summed E-state index contributed by atoms with van der Waals surface area (Å²) >= 11 is 13.5. The number of hydrogen-bond donors (Lipinski definition) is 0. The minimum atomic E-state index is -1.08. The first-order valence-electron chi connectivity index (χ1n) is 7.51. The number of alkyl halides is 2. The molecule has 0 saturated carbocycles. The van der Waals surface area contributed by atoms with E-state index in [1.54, 1.807) is 0 Å². The standard InChI is InChI=1S/C21H14Cl2/c22-21(23,19-11-9-15-5-1-3-7-17(15)13-19)20-12-10-16-6-2-4-8-18(16)14-20/h1-14H. The van der Waals surface area contributed by atoms with Crippen LogP contribution in [0, 0.1) is 0 Å². The molecule has 0 unspecified atom stereocenters. The van der Waals surface area contributed by atoms with Crippen LogP contribution in [-0.2, 0) is 4.33 Å². The summed E-state index contributed by atoms with van der Waals surface area (Å²) in [6, 6.07) is 28.6. The molecular formula is C21H14Cl2. The summed E-state index contributed by atoms with van der Waals surface area (Å²) in [5.41, 5.74) is 1.77. The predicted octanol–water partition coefficient (Wildman–Crippen LogP) is 6.67. The molecule has 0 bridgehead atoms. The zero-order valence-corrected chi connectivity index (χ0v) is 13.9. The Bertz CT molecular complexity index is 921. The molecule has 0 saturated heterocycles. The van der Waals surface area contributed by atoms with Crippen molar-refractivity contribution in [3.63, 3.8) is 0 Å². The van der Waals surface area contributed by atoms with Crippen molar-refractivity contribution in [3.05, 3.63) is 96.1 Å². The van der Waals surface area contributed by atoms with E-state index in [0.29, 0.717) is 0 Å². The molecule has 112 valence electrons. The van der Waals surface area contributed by atoms with Crippen LogP contribution in [0.15, 0.2) is 84.9 Å². The van der Waals surface area contributed by atoms with Gasteiger partial charge in [0.1, 0.15) is 0 Å². The first-order chi connectivity index (χ1) is 11.1. The monoisotopic (exact) mass is 336 g/mol. The van der Waals surface area contributed by atoms with Crippen LogP contribution < -0.4 is 0 Å². The van der Waals surface area contributed by atoms with Gasteiger partial charge in [0.25, 0.3) is 0 Å². The fourth-order valence-electron chi connectivity index (χ4n) is 2.94. The fourth-order valence-corrected chi connectivity index (χ4v) is 3.41. The summed E-state index contributed by atoms with van der Waals surface area (Å²) in [6.45, 7) is 0. The van der Waals surface area contributed by atoms with Gasteiger partial charge in [0.15, 0.2) is 4.33 Å². The highest BCUT2D eigenvalue weighted by molar-refractivity contribution is 6.50. The van der Waals surface area contributed by atoms with Crippen molar-refractivity contribution in [2.75, 3.05) is 0 Å². The van der Waals surface area contributed by atoms with Crippen LogP contribution in [0.5, 0.6) is 0 Å². The predicted molar refractivity (Wildman–Crippen MR) is 100 cm³/mol. The summed E-state index contributed by atoms with van der Waals surface area (Å²) in [5.74, 6) is 0. The first-order valence-corrected chi connectivity index (χ1v) is 8.26. The zero-order valence-electron chi connectivity index (χ0n) is 12.3. The second-order valence-corrected chi connectivity index (χ2v) is 7.03. The molecule has 0 heterocycles. The van der Waals surface area contributed by atoms with Gasteiger partial charge in [-0.3, -0.25) is 0 Å². The Hall–Kier alpha value is -2.02. The summed E-state index contributed by atoms with van der Waals surface area (Å²) in [5, 5.41) is 4.63. The van der Waals surface area contributed by atoms with Crippen LogP contribution in [0.25, 0.3) is 21.5 Å². The molecular weight excluding hydrogens is 323 g/mol. The molecule has 0 aliphatic rings. The Morgan fingerprint density at radius 3 is 1.30 bits per heavy atom. The van der Waals surface area contributed by atoms with Crippen LogP contribution >= 0.6 is 23.2 Å². The highest BCUT2D eigenvalue weighted by Gasteiger charge is 2.29. The van der Waals surface area contributed by atoms with E-state index in [2.05, 4.69) is 48.5 Å². The van der Waals surface area contributed by atoms with Crippen molar-refractivity contribution >= 4 is 44.7 Å². The maximum Gasteiger partial charge on any atom is 0.168 e. The molecule has 0 fully saturated rings. The van der Waals surface area contributed by atoms with Crippen LogP contribution in [0.3, 0.4) is 0 Å². The molecule has 0 aromatic heterocycles. The van der Waals surface area contributed by atoms with Crippen molar-refractivity contribution in [3.8, 4) is 0 Å². The molecule has 0 radical (unpaired) electrons. The lowest BCUT2D eigenvalue weighted by Crippen LogP contribution is -2.12. The molecule has 0 nitrogen and oxygen atoms in total. The van der Waals surface area contributed by atoms with Gasteiger partial charge in [-0.05, 0) is 44.8 Å². The molecule has 0 atom stereocenters. The summed E-state index contributed by atoms with van der Waals surface area (Å²) < 4.78 is -1.08. The fraction of sp³-hybridized carbons (Fsp3) is 0.0476. The van der Waals surface area contributed by atoms with Gasteiger partial charge in [-0.25, -0.2) is 0 Å². The molecule has 0 amide bonds. The Labute approximate surface area is 145 Å². The SMILES string of the molecule is ClC(Cl)(c1ccc2ccccc2c1)c1ccc2ccccc2c1. The molecule has 2 heteroatoms. The van der Waals surface area contributed by atoms with E-state index in [0.717, 1.165) is 21.9 Å². The Balaban J connectivity index is 1.85. The number of fused-ring (bicyclic) bond motifs is 2. The Morgan fingerprint density at radius 1 is 0.478 bits per heavy atom. The number of halogens is 2. The van der Waals surface area contributed by atoms with Gasteiger partial charge in [-0.2, -0.15) is 0 Å². The molecule has 0 N–H and O–H groups in total. The van der Waals surface area contributed by atoms with E-state index < -0.39 is 4.33 Å². The van der Waals surface area contributed by atoms with Gasteiger partial charge in [-0.15, -0.1) is 0 Å². The van der Waals surface area contributed by atoms with Crippen molar-refractivity contribution in [1.82, 2.24) is 0 Å². The Morgan fingerprint density at radius 2 is 0.870 bits per heavy atom. The van der Waals surface area contributed by atoms with Gasteiger partial charge in [-0.1, -0.05) is 96.0 Å². The third-order valence-electron chi connectivity index (χ3n) is 4.22. The topological polar surface area (TPSA) is 0 Å². The Kier molecular flexibility index (Phi) is 3.52. The molecule has 23 heavy (non-hydrogen) atoms. The van der Waals surface area contributed by atoms with E-state index in [9.17, 15) is 0 Å². The van der Waals surface area contributed by atoms with Gasteiger partial charge in [0, 0.05) is 0 Å². The lowest BCUT2D eigenvalue weighted by Gasteiger charge is -2.22. The number of benzene rings is 4. The lowest BCUT2D eigenvalue weighted by atomic mass is 9.98. The summed E-state index contributed by atoms with van der Waals surface area (Å²) in [7, 11) is 0. The van der Waals surface area contributed by atoms with Crippen molar-refractivity contribution in [2.45, 2.75) is 4.33 Å². The number of rotatable bonds is 2. The van der Waals surface area contributed by atoms with E-state index >= 15 is 0 Å². The third-order valence-corrected chi connectivity index (χ3v) is 5.10. The second kappa shape index (κ2) is 5.56. The average molecular weight is 337 g/mol.